The summed E-state index contributed by atoms with van der Waals surface area (Å²) in [4.78, 5) is 2.39. The van der Waals surface area contributed by atoms with E-state index in [4.69, 9.17) is 4.42 Å². The van der Waals surface area contributed by atoms with Crippen molar-refractivity contribution in [2.75, 3.05) is 4.90 Å². The van der Waals surface area contributed by atoms with Gasteiger partial charge in [0.1, 0.15) is 11.2 Å². The number of hydrogen-bond donors (Lipinski definition) is 0. The van der Waals surface area contributed by atoms with Crippen molar-refractivity contribution in [3.63, 3.8) is 0 Å². The van der Waals surface area contributed by atoms with Gasteiger partial charge in [-0.05, 0) is 110 Å². The number of rotatable bonds is 8. The predicted octanol–water partition coefficient (Wildman–Crippen LogP) is 19.1. The number of hydrogen-bond acceptors (Lipinski definition) is 2. The second-order valence-electron chi connectivity index (χ2n) is 18.4. The summed E-state index contributed by atoms with van der Waals surface area (Å²) in [6.45, 7) is 0. The Balaban J connectivity index is 0.926. The minimum absolute atomic E-state index is 0.882. The van der Waals surface area contributed by atoms with Gasteiger partial charge in [0.25, 0.3) is 0 Å². The maximum absolute atomic E-state index is 6.68. The lowest BCUT2D eigenvalue weighted by Gasteiger charge is -2.28. The van der Waals surface area contributed by atoms with Gasteiger partial charge < -0.3 is 13.9 Å². The van der Waals surface area contributed by atoms with E-state index in [9.17, 15) is 0 Å². The van der Waals surface area contributed by atoms with Gasteiger partial charge in [0.15, 0.2) is 0 Å². The van der Waals surface area contributed by atoms with E-state index in [1.54, 1.807) is 0 Å². The maximum atomic E-state index is 6.68. The molecule has 0 atom stereocenters. The molecule has 332 valence electrons. The molecule has 0 aliphatic rings. The molecule has 14 rings (SSSR count). The molecule has 2 heterocycles. The van der Waals surface area contributed by atoms with E-state index in [1.807, 2.05) is 6.07 Å². The Morgan fingerprint density at radius 1 is 0.296 bits per heavy atom. The summed E-state index contributed by atoms with van der Waals surface area (Å²) in [7, 11) is 0. The lowest BCUT2D eigenvalue weighted by atomic mass is 9.96. The van der Waals surface area contributed by atoms with E-state index in [0.29, 0.717) is 0 Å². The van der Waals surface area contributed by atoms with Gasteiger partial charge in [-0.25, -0.2) is 0 Å². The molecule has 0 saturated heterocycles. The van der Waals surface area contributed by atoms with Gasteiger partial charge in [0.2, 0.25) is 0 Å². The number of nitrogens with zero attached hydrogens (tertiary/aromatic N) is 2. The second kappa shape index (κ2) is 16.7. The summed E-state index contributed by atoms with van der Waals surface area (Å²) in [6, 6.07) is 96.7. The molecule has 14 aromatic rings. The van der Waals surface area contributed by atoms with Gasteiger partial charge in [-0.2, -0.15) is 0 Å². The highest BCUT2D eigenvalue weighted by atomic mass is 16.3. The smallest absolute Gasteiger partial charge is 0.143 e. The van der Waals surface area contributed by atoms with Crippen LogP contribution in [0.15, 0.2) is 271 Å². The number of fused-ring (bicyclic) bond motifs is 9. The van der Waals surface area contributed by atoms with Crippen LogP contribution in [-0.2, 0) is 0 Å². The Morgan fingerprint density at radius 2 is 0.831 bits per heavy atom. The van der Waals surface area contributed by atoms with E-state index in [2.05, 4.69) is 270 Å². The van der Waals surface area contributed by atoms with Crippen molar-refractivity contribution in [2.45, 2.75) is 0 Å². The van der Waals surface area contributed by atoms with E-state index >= 15 is 0 Å². The standard InChI is InChI=1S/C68H44N2O/c1-2-15-45(16-3-1)50-36-42-56(66(44-50)70-64-26-11-6-19-57(64)58-20-7-12-27-65(58)70)48-33-39-53(40-34-48)69(63-25-10-8-21-59(63)61-23-14-24-62-60-22-9-13-28-67(60)71-68(61)62)52-37-31-46(32-38-52)49-35-41-55-51(43-49)30-29-47-17-4-5-18-54(47)55/h1-44H. The molecular weight excluding hydrogens is 861 g/mol. The van der Waals surface area contributed by atoms with Crippen molar-refractivity contribution in [3.8, 4) is 50.2 Å². The van der Waals surface area contributed by atoms with Gasteiger partial charge >= 0.3 is 0 Å². The van der Waals surface area contributed by atoms with Crippen molar-refractivity contribution in [1.82, 2.24) is 4.57 Å². The van der Waals surface area contributed by atoms with Crippen molar-refractivity contribution < 1.29 is 4.42 Å². The average molecular weight is 905 g/mol. The first-order valence-electron chi connectivity index (χ1n) is 24.3. The van der Waals surface area contributed by atoms with Crippen molar-refractivity contribution >= 4 is 82.4 Å². The Kier molecular flexibility index (Phi) is 9.53. The lowest BCUT2D eigenvalue weighted by Crippen LogP contribution is -2.11. The quantitative estimate of drug-likeness (QED) is 0.142. The third-order valence-corrected chi connectivity index (χ3v) is 14.4. The fourth-order valence-corrected chi connectivity index (χ4v) is 11.0. The Hall–Kier alpha value is -9.44. The van der Waals surface area contributed by atoms with E-state index in [-0.39, 0.29) is 0 Å². The number of aromatic nitrogens is 1. The molecule has 0 N–H and O–H groups in total. The molecule has 0 fully saturated rings. The van der Waals surface area contributed by atoms with Gasteiger partial charge in [-0.3, -0.25) is 0 Å². The zero-order valence-electron chi connectivity index (χ0n) is 38.7. The minimum Gasteiger partial charge on any atom is -0.455 e. The van der Waals surface area contributed by atoms with Gasteiger partial charge in [0, 0.05) is 49.6 Å². The second-order valence-corrected chi connectivity index (χ2v) is 18.4. The van der Waals surface area contributed by atoms with Crippen molar-refractivity contribution in [3.05, 3.63) is 267 Å². The van der Waals surface area contributed by atoms with Gasteiger partial charge in [0.05, 0.1) is 22.4 Å². The predicted molar refractivity (Wildman–Crippen MR) is 299 cm³/mol. The first-order chi connectivity index (χ1) is 35.2. The Bertz CT molecular complexity index is 4280. The van der Waals surface area contributed by atoms with Crippen LogP contribution < -0.4 is 4.90 Å². The Morgan fingerprint density at radius 3 is 1.61 bits per heavy atom. The summed E-state index contributed by atoms with van der Waals surface area (Å²) in [6.07, 6.45) is 0. The summed E-state index contributed by atoms with van der Waals surface area (Å²) in [5.41, 5.74) is 17.5. The van der Waals surface area contributed by atoms with E-state index < -0.39 is 0 Å². The molecule has 12 aromatic carbocycles. The fourth-order valence-electron chi connectivity index (χ4n) is 11.0. The van der Waals surface area contributed by atoms with E-state index in [1.165, 1.54) is 60.0 Å². The molecule has 0 spiro atoms. The lowest BCUT2D eigenvalue weighted by molar-refractivity contribution is 0.670. The zero-order valence-corrected chi connectivity index (χ0v) is 38.7. The summed E-state index contributed by atoms with van der Waals surface area (Å²) >= 11 is 0. The zero-order chi connectivity index (χ0) is 46.8. The number of anilines is 3. The summed E-state index contributed by atoms with van der Waals surface area (Å²) in [5.74, 6) is 0. The molecule has 0 aliphatic heterocycles. The molecule has 0 radical (unpaired) electrons. The topological polar surface area (TPSA) is 21.3 Å². The Labute approximate surface area is 411 Å². The largest absolute Gasteiger partial charge is 0.455 e. The molecule has 2 aromatic heterocycles. The molecule has 0 unspecified atom stereocenters. The normalized spacial score (nSPS) is 11.7. The average Bonchev–Trinajstić information content (AvgIpc) is 4.00. The van der Waals surface area contributed by atoms with Crippen LogP contribution in [0.3, 0.4) is 0 Å². The van der Waals surface area contributed by atoms with Crippen molar-refractivity contribution in [1.29, 1.82) is 0 Å². The number of para-hydroxylation sites is 5. The highest BCUT2D eigenvalue weighted by Crippen LogP contribution is 2.46. The fraction of sp³-hybridized carbons (Fsp3) is 0. The van der Waals surface area contributed by atoms with Gasteiger partial charge in [-0.15, -0.1) is 0 Å². The number of benzene rings is 12. The first-order valence-corrected chi connectivity index (χ1v) is 24.3. The molecule has 0 aliphatic carbocycles. The van der Waals surface area contributed by atoms with Crippen LogP contribution in [0.5, 0.6) is 0 Å². The summed E-state index contributed by atoms with van der Waals surface area (Å²) < 4.78 is 9.12. The van der Waals surface area contributed by atoms with Crippen LogP contribution in [0, 0.1) is 0 Å². The SMILES string of the molecule is c1ccc(-c2ccc(-c3ccc(N(c4ccc(-c5ccc6c(ccc7ccccc76)c5)cc4)c4ccccc4-c4cccc5c4oc4ccccc45)cc3)c(-n3c4ccccc4c4ccccc43)c2)cc1. The van der Waals surface area contributed by atoms with Crippen LogP contribution in [0.25, 0.3) is 115 Å². The molecule has 3 nitrogen and oxygen atoms in total. The molecular formula is C68H44N2O. The third kappa shape index (κ3) is 6.82. The van der Waals surface area contributed by atoms with Crippen LogP contribution in [0.4, 0.5) is 17.1 Å². The molecule has 71 heavy (non-hydrogen) atoms. The van der Waals surface area contributed by atoms with Crippen LogP contribution in [0.2, 0.25) is 0 Å². The first kappa shape index (κ1) is 40.6. The minimum atomic E-state index is 0.882. The highest BCUT2D eigenvalue weighted by molar-refractivity contribution is 6.12. The highest BCUT2D eigenvalue weighted by Gasteiger charge is 2.22. The molecule has 0 bridgehead atoms. The number of furan rings is 1. The molecule has 0 saturated carbocycles. The molecule has 0 amide bonds. The van der Waals surface area contributed by atoms with Gasteiger partial charge in [-0.1, -0.05) is 206 Å². The maximum Gasteiger partial charge on any atom is 0.143 e. The van der Waals surface area contributed by atoms with E-state index in [0.717, 1.165) is 72.5 Å². The van der Waals surface area contributed by atoms with Crippen molar-refractivity contribution in [2.24, 2.45) is 0 Å². The third-order valence-electron chi connectivity index (χ3n) is 14.4. The van der Waals surface area contributed by atoms with Crippen LogP contribution in [-0.4, -0.2) is 4.57 Å². The van der Waals surface area contributed by atoms with Crippen LogP contribution >= 0.6 is 0 Å². The monoisotopic (exact) mass is 904 g/mol. The summed E-state index contributed by atoms with van der Waals surface area (Å²) in [5, 5.41) is 9.73. The van der Waals surface area contributed by atoms with Crippen LogP contribution in [0.1, 0.15) is 0 Å². The molecule has 3 heteroatoms.